The lowest BCUT2D eigenvalue weighted by molar-refractivity contribution is 0.0553. The van der Waals surface area contributed by atoms with Gasteiger partial charge in [-0.1, -0.05) is 6.07 Å². The zero-order valence-electron chi connectivity index (χ0n) is 22.6. The van der Waals surface area contributed by atoms with Crippen molar-refractivity contribution in [3.8, 4) is 22.8 Å². The third-order valence-corrected chi connectivity index (χ3v) is 6.91. The molecule has 2 aromatic carbocycles. The first-order valence-electron chi connectivity index (χ1n) is 12.7. The van der Waals surface area contributed by atoms with Crippen LogP contribution in [0.25, 0.3) is 22.0 Å². The molecule has 0 atom stereocenters. The van der Waals surface area contributed by atoms with Crippen molar-refractivity contribution in [3.63, 3.8) is 0 Å². The number of phenolic OH excluding ortho intramolecular Hbond substituents is 1. The van der Waals surface area contributed by atoms with Crippen molar-refractivity contribution in [2.24, 2.45) is 0 Å². The number of hydrogen-bond acceptors (Lipinski definition) is 7. The van der Waals surface area contributed by atoms with Gasteiger partial charge in [0.25, 0.3) is 0 Å². The van der Waals surface area contributed by atoms with E-state index in [-0.39, 0.29) is 16.8 Å². The summed E-state index contributed by atoms with van der Waals surface area (Å²) in [6.45, 7) is 12.9. The van der Waals surface area contributed by atoms with Gasteiger partial charge < -0.3 is 25.2 Å². The molecule has 1 aromatic heterocycles. The number of aromatic nitrogens is 2. The molecule has 0 aliphatic carbocycles. The van der Waals surface area contributed by atoms with E-state index in [2.05, 4.69) is 55.2 Å². The summed E-state index contributed by atoms with van der Waals surface area (Å²) in [5.74, 6) is 1.68. The number of fused-ring (bicyclic) bond motifs is 1. The Morgan fingerprint density at radius 3 is 2.31 bits per heavy atom. The Morgan fingerprint density at radius 2 is 1.69 bits per heavy atom. The first-order valence-corrected chi connectivity index (χ1v) is 12.7. The average molecular weight is 493 g/mol. The molecule has 7 nitrogen and oxygen atoms in total. The molecule has 1 aliphatic rings. The third kappa shape index (κ3) is 6.26. The lowest BCUT2D eigenvalue weighted by Crippen LogP contribution is -2.62. The Bertz CT molecular complexity index is 1200. The molecule has 2 heterocycles. The average Bonchev–Trinajstić information content (AvgIpc) is 2.75. The van der Waals surface area contributed by atoms with Crippen molar-refractivity contribution in [3.05, 3.63) is 42.5 Å². The van der Waals surface area contributed by atoms with Crippen LogP contribution in [0.1, 0.15) is 60.8 Å². The molecule has 36 heavy (non-hydrogen) atoms. The van der Waals surface area contributed by atoms with Crippen molar-refractivity contribution in [1.82, 2.24) is 15.5 Å². The van der Waals surface area contributed by atoms with Crippen molar-refractivity contribution < 1.29 is 14.9 Å². The number of aliphatic hydroxyl groups is 1. The summed E-state index contributed by atoms with van der Waals surface area (Å²) in [6, 6.07) is 13.7. The second-order valence-electron chi connectivity index (χ2n) is 12.1. The quantitative estimate of drug-likeness (QED) is 0.413. The molecule has 1 saturated heterocycles. The van der Waals surface area contributed by atoms with Crippen molar-refractivity contribution in [1.29, 1.82) is 0 Å². The molecule has 3 N–H and O–H groups in total. The van der Waals surface area contributed by atoms with Gasteiger partial charge in [-0.05, 0) is 102 Å². The van der Waals surface area contributed by atoms with Crippen LogP contribution >= 0.6 is 0 Å². The maximum atomic E-state index is 10.8. The molecule has 0 amide bonds. The second kappa shape index (κ2) is 9.52. The van der Waals surface area contributed by atoms with Crippen molar-refractivity contribution in [2.45, 2.75) is 83.5 Å². The summed E-state index contributed by atoms with van der Waals surface area (Å²) in [4.78, 5) is 2.22. The predicted molar refractivity (Wildman–Crippen MR) is 146 cm³/mol. The number of anilines is 1. The normalized spacial score (nSPS) is 17.8. The van der Waals surface area contributed by atoms with E-state index in [9.17, 15) is 10.2 Å². The van der Waals surface area contributed by atoms with E-state index in [0.29, 0.717) is 36.1 Å². The zero-order valence-corrected chi connectivity index (χ0v) is 22.6. The summed E-state index contributed by atoms with van der Waals surface area (Å²) in [5, 5.41) is 35.2. The van der Waals surface area contributed by atoms with Crippen LogP contribution in [0.5, 0.6) is 11.5 Å². The number of rotatable bonds is 7. The lowest BCUT2D eigenvalue weighted by atomic mass is 9.79. The molecule has 0 spiro atoms. The number of aromatic hydroxyl groups is 1. The lowest BCUT2D eigenvalue weighted by Gasteiger charge is -2.49. The number of benzene rings is 2. The minimum Gasteiger partial charge on any atom is -0.507 e. The largest absolute Gasteiger partial charge is 0.507 e. The van der Waals surface area contributed by atoms with Gasteiger partial charge in [-0.25, -0.2) is 0 Å². The van der Waals surface area contributed by atoms with Crippen molar-refractivity contribution >= 4 is 16.6 Å². The van der Waals surface area contributed by atoms with E-state index >= 15 is 0 Å². The molecule has 0 bridgehead atoms. The van der Waals surface area contributed by atoms with E-state index < -0.39 is 5.60 Å². The highest BCUT2D eigenvalue weighted by Crippen LogP contribution is 2.35. The topological polar surface area (TPSA) is 90.7 Å². The maximum Gasteiger partial charge on any atom is 0.151 e. The number of phenols is 1. The first kappa shape index (κ1) is 26.2. The van der Waals surface area contributed by atoms with Gasteiger partial charge in [0.2, 0.25) is 0 Å². The summed E-state index contributed by atoms with van der Waals surface area (Å²) >= 11 is 0. The van der Waals surface area contributed by atoms with Crippen LogP contribution in [0.4, 0.5) is 5.82 Å². The smallest absolute Gasteiger partial charge is 0.151 e. The third-order valence-electron chi connectivity index (χ3n) is 6.91. The fourth-order valence-electron chi connectivity index (χ4n) is 5.36. The maximum absolute atomic E-state index is 10.8. The summed E-state index contributed by atoms with van der Waals surface area (Å²) in [6.07, 6.45) is 2.57. The van der Waals surface area contributed by atoms with E-state index in [1.54, 1.807) is 19.9 Å². The first-order chi connectivity index (χ1) is 16.7. The minimum atomic E-state index is -0.768. The number of ether oxygens (including phenoxy) is 1. The van der Waals surface area contributed by atoms with Gasteiger partial charge in [-0.3, -0.25) is 0 Å². The Labute approximate surface area is 214 Å². The van der Waals surface area contributed by atoms with Crippen LogP contribution in [0.2, 0.25) is 0 Å². The van der Waals surface area contributed by atoms with Gasteiger partial charge in [0.1, 0.15) is 11.5 Å². The van der Waals surface area contributed by atoms with Gasteiger partial charge in [-0.15, -0.1) is 10.2 Å². The van der Waals surface area contributed by atoms with Gasteiger partial charge in [0.15, 0.2) is 5.82 Å². The predicted octanol–water partition coefficient (Wildman–Crippen LogP) is 5.29. The zero-order chi connectivity index (χ0) is 26.3. The molecular weight excluding hydrogens is 452 g/mol. The van der Waals surface area contributed by atoms with Gasteiger partial charge >= 0.3 is 0 Å². The van der Waals surface area contributed by atoms with E-state index in [1.165, 1.54) is 0 Å². The molecule has 194 valence electrons. The van der Waals surface area contributed by atoms with Crippen molar-refractivity contribution in [2.75, 3.05) is 18.6 Å². The Kier molecular flexibility index (Phi) is 6.92. The second-order valence-corrected chi connectivity index (χ2v) is 12.1. The summed E-state index contributed by atoms with van der Waals surface area (Å²) in [7, 11) is 2.08. The van der Waals surface area contributed by atoms with E-state index in [4.69, 9.17) is 4.74 Å². The Balaban J connectivity index is 1.51. The number of nitrogens with zero attached hydrogens (tertiary/aromatic N) is 3. The van der Waals surface area contributed by atoms with E-state index in [1.807, 2.05) is 36.4 Å². The van der Waals surface area contributed by atoms with Crippen LogP contribution in [-0.4, -0.2) is 56.8 Å². The monoisotopic (exact) mass is 492 g/mol. The highest BCUT2D eigenvalue weighted by atomic mass is 16.5. The van der Waals surface area contributed by atoms with Crippen LogP contribution in [-0.2, 0) is 0 Å². The fourth-order valence-corrected chi connectivity index (χ4v) is 5.36. The van der Waals surface area contributed by atoms with E-state index in [0.717, 1.165) is 29.4 Å². The summed E-state index contributed by atoms with van der Waals surface area (Å²) < 4.78 is 5.78. The minimum absolute atomic E-state index is 0.0469. The molecule has 1 fully saturated rings. The molecule has 7 heteroatoms. The fraction of sp³-hybridized carbons (Fsp3) is 0.517. The van der Waals surface area contributed by atoms with Crippen LogP contribution in [0.15, 0.2) is 42.5 Å². The Morgan fingerprint density at radius 1 is 1.00 bits per heavy atom. The SMILES string of the molecule is CN(c1ccc(-c2cc3ccc(OCCC(C)(C)O)cc3cc2O)nn1)C1CC(C)(C)NC(C)(C)C1. The molecular formula is C29H40N4O3. The number of nitrogens with one attached hydrogen (secondary N) is 1. The van der Waals surface area contributed by atoms with Gasteiger partial charge in [0, 0.05) is 36.2 Å². The van der Waals surface area contributed by atoms with Crippen LogP contribution in [0, 0.1) is 0 Å². The molecule has 0 radical (unpaired) electrons. The summed E-state index contributed by atoms with van der Waals surface area (Å²) in [5.41, 5.74) is 0.597. The molecule has 4 rings (SSSR count). The molecule has 0 unspecified atom stereocenters. The standard InChI is InChI=1S/C29H40N4O3/c1-27(2)17-21(18-28(3,4)32-27)33(7)26-11-10-24(30-31-26)23-15-19-8-9-22(14-20(19)16-25(23)34)36-13-12-29(5,6)35/h8-11,14-16,21,32,34-35H,12-13,17-18H2,1-7H3. The highest BCUT2D eigenvalue weighted by molar-refractivity contribution is 5.90. The highest BCUT2D eigenvalue weighted by Gasteiger charge is 2.39. The number of piperidine rings is 1. The van der Waals surface area contributed by atoms with Gasteiger partial charge in [-0.2, -0.15) is 0 Å². The van der Waals surface area contributed by atoms with Crippen LogP contribution < -0.4 is 15.0 Å². The van der Waals surface area contributed by atoms with Gasteiger partial charge in [0.05, 0.1) is 17.9 Å². The molecule has 0 saturated carbocycles. The number of hydrogen-bond donors (Lipinski definition) is 3. The molecule has 1 aliphatic heterocycles. The Hall–Kier alpha value is -2.90. The van der Waals surface area contributed by atoms with Crippen LogP contribution in [0.3, 0.4) is 0 Å². The molecule has 3 aromatic rings.